The fourth-order valence-electron chi connectivity index (χ4n) is 0.281. The van der Waals surface area contributed by atoms with Gasteiger partial charge in [0.1, 0.15) is 0 Å². The van der Waals surface area contributed by atoms with Crippen molar-refractivity contribution in [3.05, 3.63) is 0 Å². The van der Waals surface area contributed by atoms with Crippen LogP contribution in [0.4, 0.5) is 0 Å². The zero-order valence-electron chi connectivity index (χ0n) is 3.80. The number of rotatable bonds is 0. The Balaban J connectivity index is 2.79. The molecule has 8 heavy (non-hydrogen) atoms. The van der Waals surface area contributed by atoms with E-state index in [4.69, 9.17) is 11.5 Å². The van der Waals surface area contributed by atoms with Crippen molar-refractivity contribution in [1.29, 1.82) is 0 Å². The van der Waals surface area contributed by atoms with Crippen molar-refractivity contribution in [3.8, 4) is 0 Å². The van der Waals surface area contributed by atoms with E-state index in [1.165, 1.54) is 10.8 Å². The highest BCUT2D eigenvalue weighted by Gasteiger charge is 2.08. The van der Waals surface area contributed by atoms with Gasteiger partial charge in [-0.15, -0.1) is 0 Å². The van der Waals surface area contributed by atoms with Gasteiger partial charge in [-0.1, -0.05) is 0 Å². The molecule has 0 aliphatic carbocycles. The molecule has 1 heterocycles. The maximum absolute atomic E-state index is 5.40. The number of hydrogen-bond donors (Lipinski definition) is 2. The van der Waals surface area contributed by atoms with E-state index in [9.17, 15) is 0 Å². The second-order valence-corrected chi connectivity index (χ2v) is 8.48. The minimum Gasteiger partial charge on any atom is -0.377 e. The molecule has 6 heteroatoms. The van der Waals surface area contributed by atoms with E-state index >= 15 is 0 Å². The minimum atomic E-state index is 0.00472. The molecule has 1 atom stereocenters. The fourth-order valence-corrected chi connectivity index (χ4v) is 3.76. The van der Waals surface area contributed by atoms with Crippen molar-refractivity contribution < 1.29 is 0 Å². The normalized spacial score (nSPS) is 28.5. The molecular formula is C2H4IN3S2. The quantitative estimate of drug-likeness (QED) is 0.382. The van der Waals surface area contributed by atoms with Crippen LogP contribution in [0.25, 0.3) is 0 Å². The number of amidine groups is 1. The third-order valence-corrected chi connectivity index (χ3v) is 5.81. The molecule has 1 unspecified atom stereocenters. The molecule has 0 radical (unpaired) electrons. The van der Waals surface area contributed by atoms with Crippen LogP contribution in [0.3, 0.4) is 0 Å². The molecular weight excluding hydrogens is 257 g/mol. The van der Waals surface area contributed by atoms with Crippen LogP contribution in [0.2, 0.25) is 0 Å². The molecule has 0 fully saturated rings. The van der Waals surface area contributed by atoms with E-state index in [0.717, 1.165) is 0 Å². The Kier molecular flexibility index (Phi) is 2.18. The number of hydrogen-bond acceptors (Lipinski definition) is 4. The van der Waals surface area contributed by atoms with Gasteiger partial charge in [-0.2, -0.15) is 0 Å². The average Bonchev–Trinajstić information content (AvgIpc) is 1.85. The van der Waals surface area contributed by atoms with Crippen LogP contribution in [0.5, 0.6) is 0 Å². The van der Waals surface area contributed by atoms with Crippen molar-refractivity contribution in [2.24, 2.45) is 16.5 Å². The molecule has 0 aromatic carbocycles. The van der Waals surface area contributed by atoms with E-state index in [1.54, 1.807) is 0 Å². The molecule has 0 saturated heterocycles. The molecule has 0 aromatic heterocycles. The largest absolute Gasteiger partial charge is 0.377 e. The standard InChI is InChI=1S/C2H4IN3S2/c3-8-2(5)6-1(4)7-8/h5H2,(H2,4,6). The second-order valence-electron chi connectivity index (χ2n) is 1.10. The van der Waals surface area contributed by atoms with E-state index in [-0.39, 0.29) is 6.69 Å². The zero-order chi connectivity index (χ0) is 6.15. The van der Waals surface area contributed by atoms with Gasteiger partial charge >= 0.3 is 0 Å². The summed E-state index contributed by atoms with van der Waals surface area (Å²) >= 11 is 2.21. The molecule has 0 saturated carbocycles. The van der Waals surface area contributed by atoms with E-state index in [1.807, 2.05) is 0 Å². The van der Waals surface area contributed by atoms with Crippen LogP contribution < -0.4 is 11.5 Å². The Hall–Kier alpha value is 0.730. The van der Waals surface area contributed by atoms with E-state index in [0.29, 0.717) is 10.3 Å². The Morgan fingerprint density at radius 3 is 2.38 bits per heavy atom. The van der Waals surface area contributed by atoms with Gasteiger partial charge in [0.05, 0.1) is 0 Å². The fraction of sp³-hybridized carbons (Fsp3) is 0. The molecule has 0 aromatic rings. The first kappa shape index (κ1) is 6.84. The summed E-state index contributed by atoms with van der Waals surface area (Å²) in [5.41, 5.74) is 10.7. The number of nitrogens with zero attached hydrogens (tertiary/aromatic N) is 1. The first-order chi connectivity index (χ1) is 3.70. The lowest BCUT2D eigenvalue weighted by atomic mass is 11.1. The van der Waals surface area contributed by atoms with Crippen molar-refractivity contribution in [2.45, 2.75) is 0 Å². The number of halogens is 1. The minimum absolute atomic E-state index is 0.00472. The van der Waals surface area contributed by atoms with Gasteiger partial charge in [-0.25, -0.2) is 4.99 Å². The van der Waals surface area contributed by atoms with Crippen molar-refractivity contribution in [1.82, 2.24) is 0 Å². The molecule has 1 rings (SSSR count). The van der Waals surface area contributed by atoms with Gasteiger partial charge in [-0.05, 0) is 17.5 Å². The molecule has 1 aliphatic heterocycles. The third kappa shape index (κ3) is 1.36. The van der Waals surface area contributed by atoms with Crippen LogP contribution in [-0.2, 0) is 0 Å². The average molecular weight is 261 g/mol. The first-order valence-electron chi connectivity index (χ1n) is 1.75. The molecule has 0 amide bonds. The molecule has 3 nitrogen and oxygen atoms in total. The van der Waals surface area contributed by atoms with Crippen LogP contribution >= 0.6 is 38.7 Å². The van der Waals surface area contributed by atoms with E-state index in [2.05, 4.69) is 26.2 Å². The topological polar surface area (TPSA) is 64.4 Å². The smallest absolute Gasteiger partial charge is 0.171 e. The number of nitrogens with two attached hydrogens (primary N) is 2. The zero-order valence-corrected chi connectivity index (χ0v) is 7.59. The predicted molar refractivity (Wildman–Crippen MR) is 50.0 cm³/mol. The summed E-state index contributed by atoms with van der Waals surface area (Å²) < 4.78 is 0. The van der Waals surface area contributed by atoms with Gasteiger partial charge in [-0.3, -0.25) is 5.73 Å². The SMILES string of the molecule is NC1=NC(N)=S(I)S1. The highest BCUT2D eigenvalue weighted by atomic mass is 127. The van der Waals surface area contributed by atoms with Crippen LogP contribution in [0, 0.1) is 0 Å². The molecule has 4 N–H and O–H groups in total. The predicted octanol–water partition coefficient (Wildman–Crippen LogP) is 0.628. The van der Waals surface area contributed by atoms with Crippen LogP contribution in [0.1, 0.15) is 0 Å². The monoisotopic (exact) mass is 261 g/mol. The maximum Gasteiger partial charge on any atom is 0.171 e. The lowest BCUT2D eigenvalue weighted by molar-refractivity contribution is 1.60. The summed E-state index contributed by atoms with van der Waals surface area (Å²) in [6.07, 6.45) is 0. The van der Waals surface area contributed by atoms with Crippen molar-refractivity contribution in [3.63, 3.8) is 0 Å². The lowest BCUT2D eigenvalue weighted by Gasteiger charge is -1.85. The van der Waals surface area contributed by atoms with Gasteiger partial charge in [0.15, 0.2) is 10.3 Å². The molecule has 0 spiro atoms. The van der Waals surface area contributed by atoms with Gasteiger partial charge in [0, 0.05) is 21.2 Å². The number of aliphatic imine (C=N–C) groups is 1. The van der Waals surface area contributed by atoms with Gasteiger partial charge < -0.3 is 5.73 Å². The Morgan fingerprint density at radius 1 is 1.62 bits per heavy atom. The Labute approximate surface area is 65.2 Å². The summed E-state index contributed by atoms with van der Waals surface area (Å²) in [6, 6.07) is 0. The molecule has 0 bridgehead atoms. The Bertz CT molecular complexity index is 174. The summed E-state index contributed by atoms with van der Waals surface area (Å²) in [6.45, 7) is 0.00472. The summed E-state index contributed by atoms with van der Waals surface area (Å²) in [5, 5.41) is 1.23. The Morgan fingerprint density at radius 2 is 2.25 bits per heavy atom. The molecule has 46 valence electrons. The van der Waals surface area contributed by atoms with Crippen LogP contribution in [-0.4, -0.2) is 10.3 Å². The maximum atomic E-state index is 5.40. The summed E-state index contributed by atoms with van der Waals surface area (Å²) in [7, 11) is 1.51. The van der Waals surface area contributed by atoms with Crippen LogP contribution in [0.15, 0.2) is 4.99 Å². The second kappa shape index (κ2) is 2.54. The van der Waals surface area contributed by atoms with Gasteiger partial charge in [0.2, 0.25) is 0 Å². The highest BCUT2D eigenvalue weighted by molar-refractivity contribution is 14.2. The third-order valence-electron chi connectivity index (χ3n) is 0.543. The summed E-state index contributed by atoms with van der Waals surface area (Å²) in [4.78, 5) is 3.83. The van der Waals surface area contributed by atoms with Crippen molar-refractivity contribution >= 4 is 49.0 Å². The van der Waals surface area contributed by atoms with Gasteiger partial charge in [0.25, 0.3) is 0 Å². The first-order valence-corrected chi connectivity index (χ1v) is 6.85. The van der Waals surface area contributed by atoms with Crippen molar-refractivity contribution in [2.75, 3.05) is 0 Å². The molecule has 1 aliphatic rings. The highest BCUT2D eigenvalue weighted by Crippen LogP contribution is 2.42. The summed E-state index contributed by atoms with van der Waals surface area (Å²) in [5.74, 6) is 0. The van der Waals surface area contributed by atoms with E-state index < -0.39 is 0 Å². The lowest BCUT2D eigenvalue weighted by Crippen LogP contribution is -2.08.